The van der Waals surface area contributed by atoms with Crippen molar-refractivity contribution in [3.63, 3.8) is 0 Å². The number of esters is 1. The molecule has 0 aliphatic heterocycles. The molecule has 1 amide bonds. The molecule has 1 aromatic carbocycles. The number of hydrogen-bond acceptors (Lipinski definition) is 5. The summed E-state index contributed by atoms with van der Waals surface area (Å²) < 4.78 is 10.2. The molecule has 0 unspecified atom stereocenters. The van der Waals surface area contributed by atoms with Gasteiger partial charge in [-0.15, -0.1) is 0 Å². The molecular weight excluding hydrogens is 260 g/mol. The van der Waals surface area contributed by atoms with E-state index in [0.29, 0.717) is 24.6 Å². The summed E-state index contributed by atoms with van der Waals surface area (Å²) in [5.41, 5.74) is 6.18. The number of hydrogen-bond donors (Lipinski definition) is 1. The summed E-state index contributed by atoms with van der Waals surface area (Å²) in [5.74, 6) is -0.132. The van der Waals surface area contributed by atoms with Crippen molar-refractivity contribution in [1.29, 1.82) is 0 Å². The number of nitrogens with two attached hydrogens (primary N) is 1. The van der Waals surface area contributed by atoms with Crippen LogP contribution < -0.4 is 10.5 Å². The number of likely N-dealkylation sites (N-methyl/N-ethyl adjacent to an activating group) is 1. The first-order valence-corrected chi connectivity index (χ1v) is 6.48. The van der Waals surface area contributed by atoms with Gasteiger partial charge >= 0.3 is 5.97 Å². The maximum atomic E-state index is 11.9. The van der Waals surface area contributed by atoms with Crippen molar-refractivity contribution < 1.29 is 19.1 Å². The minimum Gasteiger partial charge on any atom is -0.484 e. The smallest absolute Gasteiger partial charge is 0.325 e. The van der Waals surface area contributed by atoms with E-state index in [1.165, 1.54) is 4.90 Å². The Morgan fingerprint density at radius 2 is 1.85 bits per heavy atom. The van der Waals surface area contributed by atoms with Crippen molar-refractivity contribution in [2.24, 2.45) is 0 Å². The number of nitrogens with zero attached hydrogens (tertiary/aromatic N) is 1. The van der Waals surface area contributed by atoms with Gasteiger partial charge in [-0.05, 0) is 38.1 Å². The van der Waals surface area contributed by atoms with Crippen LogP contribution in [0.5, 0.6) is 5.75 Å². The zero-order valence-corrected chi connectivity index (χ0v) is 11.8. The summed E-state index contributed by atoms with van der Waals surface area (Å²) >= 11 is 0. The lowest BCUT2D eigenvalue weighted by Gasteiger charge is -2.19. The number of carbonyl (C=O) groups is 2. The van der Waals surface area contributed by atoms with Gasteiger partial charge in [0.15, 0.2) is 6.61 Å². The highest BCUT2D eigenvalue weighted by Gasteiger charge is 2.16. The van der Waals surface area contributed by atoms with Crippen LogP contribution in [0.15, 0.2) is 24.3 Å². The number of carbonyl (C=O) groups excluding carboxylic acids is 2. The Morgan fingerprint density at radius 3 is 2.40 bits per heavy atom. The number of benzene rings is 1. The fraction of sp³-hybridized carbons (Fsp3) is 0.429. The molecule has 0 bridgehead atoms. The number of amides is 1. The summed E-state index contributed by atoms with van der Waals surface area (Å²) in [7, 11) is 0. The van der Waals surface area contributed by atoms with E-state index in [2.05, 4.69) is 0 Å². The second-order valence-corrected chi connectivity index (χ2v) is 4.07. The fourth-order valence-electron chi connectivity index (χ4n) is 1.54. The van der Waals surface area contributed by atoms with E-state index in [4.69, 9.17) is 15.2 Å². The van der Waals surface area contributed by atoms with Gasteiger partial charge in [0.25, 0.3) is 5.91 Å². The van der Waals surface area contributed by atoms with Crippen molar-refractivity contribution >= 4 is 17.6 Å². The Bertz CT molecular complexity index is 445. The molecule has 2 N–H and O–H groups in total. The zero-order valence-electron chi connectivity index (χ0n) is 11.8. The third-order valence-corrected chi connectivity index (χ3v) is 2.60. The molecule has 0 aliphatic rings. The van der Waals surface area contributed by atoms with Crippen molar-refractivity contribution in [2.75, 3.05) is 32.0 Å². The third-order valence-electron chi connectivity index (χ3n) is 2.60. The van der Waals surface area contributed by atoms with E-state index in [0.717, 1.165) is 0 Å². The summed E-state index contributed by atoms with van der Waals surface area (Å²) in [6.07, 6.45) is 0. The van der Waals surface area contributed by atoms with Crippen LogP contribution in [0.4, 0.5) is 5.69 Å². The second-order valence-electron chi connectivity index (χ2n) is 4.07. The third kappa shape index (κ3) is 5.17. The Morgan fingerprint density at radius 1 is 1.20 bits per heavy atom. The molecule has 0 saturated heterocycles. The van der Waals surface area contributed by atoms with E-state index < -0.39 is 5.97 Å². The molecule has 0 saturated carbocycles. The van der Waals surface area contributed by atoms with Crippen LogP contribution in [-0.4, -0.2) is 43.1 Å². The van der Waals surface area contributed by atoms with Crippen molar-refractivity contribution in [1.82, 2.24) is 4.90 Å². The topological polar surface area (TPSA) is 81.9 Å². The SMILES string of the molecule is CCOC(=O)CN(CC)C(=O)COc1ccc(N)cc1. The number of ether oxygens (including phenoxy) is 2. The van der Waals surface area contributed by atoms with Crippen LogP contribution in [0.3, 0.4) is 0 Å². The molecule has 20 heavy (non-hydrogen) atoms. The summed E-state index contributed by atoms with van der Waals surface area (Å²) in [4.78, 5) is 24.7. The standard InChI is InChI=1S/C14H20N2O4/c1-3-16(9-14(18)19-4-2)13(17)10-20-12-7-5-11(15)6-8-12/h5-8H,3-4,9-10,15H2,1-2H3. The van der Waals surface area contributed by atoms with E-state index in [1.807, 2.05) is 0 Å². The molecule has 0 spiro atoms. The number of nitrogen functional groups attached to an aromatic ring is 1. The van der Waals surface area contributed by atoms with Crippen molar-refractivity contribution in [3.05, 3.63) is 24.3 Å². The van der Waals surface area contributed by atoms with Crippen molar-refractivity contribution in [2.45, 2.75) is 13.8 Å². The number of rotatable bonds is 7. The summed E-state index contributed by atoms with van der Waals surface area (Å²) in [6, 6.07) is 6.75. The van der Waals surface area contributed by atoms with Gasteiger partial charge < -0.3 is 20.1 Å². The molecule has 0 atom stereocenters. The molecule has 0 heterocycles. The lowest BCUT2D eigenvalue weighted by molar-refractivity contribution is -0.149. The normalized spacial score (nSPS) is 9.90. The molecule has 0 aromatic heterocycles. The average molecular weight is 280 g/mol. The molecule has 6 heteroatoms. The zero-order chi connectivity index (χ0) is 15.0. The molecule has 1 aromatic rings. The quantitative estimate of drug-likeness (QED) is 0.596. The fourth-order valence-corrected chi connectivity index (χ4v) is 1.54. The van der Waals surface area contributed by atoms with E-state index in [1.54, 1.807) is 38.1 Å². The van der Waals surface area contributed by atoms with Gasteiger partial charge in [0.05, 0.1) is 6.61 Å². The van der Waals surface area contributed by atoms with Crippen LogP contribution in [0, 0.1) is 0 Å². The Labute approximate surface area is 118 Å². The van der Waals surface area contributed by atoms with Gasteiger partial charge in [-0.1, -0.05) is 0 Å². The predicted molar refractivity (Wildman–Crippen MR) is 75.2 cm³/mol. The molecule has 0 aliphatic carbocycles. The highest BCUT2D eigenvalue weighted by atomic mass is 16.5. The van der Waals surface area contributed by atoms with Gasteiger partial charge in [0.2, 0.25) is 0 Å². The maximum Gasteiger partial charge on any atom is 0.325 e. The number of anilines is 1. The van der Waals surface area contributed by atoms with Gasteiger partial charge in [-0.3, -0.25) is 9.59 Å². The largest absolute Gasteiger partial charge is 0.484 e. The van der Waals surface area contributed by atoms with Crippen molar-refractivity contribution in [3.8, 4) is 5.75 Å². The Hall–Kier alpha value is -2.24. The van der Waals surface area contributed by atoms with E-state index in [9.17, 15) is 9.59 Å². The van der Waals surface area contributed by atoms with Gasteiger partial charge in [-0.2, -0.15) is 0 Å². The van der Waals surface area contributed by atoms with Crippen LogP contribution in [0.1, 0.15) is 13.8 Å². The first-order chi connectivity index (χ1) is 9.56. The van der Waals surface area contributed by atoms with Gasteiger partial charge in [0.1, 0.15) is 12.3 Å². The Kier molecular flexibility index (Phi) is 6.36. The minimum absolute atomic E-state index is 0.0612. The highest BCUT2D eigenvalue weighted by molar-refractivity contribution is 5.83. The average Bonchev–Trinajstić information content (AvgIpc) is 2.44. The highest BCUT2D eigenvalue weighted by Crippen LogP contribution is 2.13. The molecular formula is C14H20N2O4. The molecule has 1 rings (SSSR count). The van der Waals surface area contributed by atoms with Gasteiger partial charge in [0, 0.05) is 12.2 Å². The van der Waals surface area contributed by atoms with Gasteiger partial charge in [-0.25, -0.2) is 0 Å². The first kappa shape index (κ1) is 15.8. The Balaban J connectivity index is 2.46. The van der Waals surface area contributed by atoms with E-state index >= 15 is 0 Å². The summed E-state index contributed by atoms with van der Waals surface area (Å²) in [5, 5.41) is 0. The maximum absolute atomic E-state index is 11.9. The minimum atomic E-state index is -0.421. The second kappa shape index (κ2) is 8.04. The molecule has 6 nitrogen and oxygen atoms in total. The first-order valence-electron chi connectivity index (χ1n) is 6.48. The molecule has 0 fully saturated rings. The van der Waals surface area contributed by atoms with Crippen LogP contribution in [-0.2, 0) is 14.3 Å². The van der Waals surface area contributed by atoms with E-state index in [-0.39, 0.29) is 19.1 Å². The monoisotopic (exact) mass is 280 g/mol. The van der Waals surface area contributed by atoms with Crippen LogP contribution in [0.2, 0.25) is 0 Å². The predicted octanol–water partition coefficient (Wildman–Crippen LogP) is 1.06. The molecule has 110 valence electrons. The lowest BCUT2D eigenvalue weighted by atomic mass is 10.3. The van der Waals surface area contributed by atoms with Crippen LogP contribution in [0.25, 0.3) is 0 Å². The lowest BCUT2D eigenvalue weighted by Crippen LogP contribution is -2.39. The van der Waals surface area contributed by atoms with Crippen LogP contribution >= 0.6 is 0 Å². The molecule has 0 radical (unpaired) electrons. The summed E-state index contributed by atoms with van der Waals surface area (Å²) in [6.45, 7) is 4.04.